The maximum Gasteiger partial charge on any atom is 0.233 e. The number of piperidine rings is 1. The highest BCUT2D eigenvalue weighted by Crippen LogP contribution is 2.30. The Bertz CT molecular complexity index is 422. The van der Waals surface area contributed by atoms with Gasteiger partial charge in [-0.05, 0) is 50.2 Å². The van der Waals surface area contributed by atoms with Crippen molar-refractivity contribution in [3.63, 3.8) is 0 Å². The van der Waals surface area contributed by atoms with Crippen molar-refractivity contribution in [1.29, 1.82) is 0 Å². The number of hydrogen-bond acceptors (Lipinski definition) is 3. The van der Waals surface area contributed by atoms with E-state index in [2.05, 4.69) is 10.6 Å². The van der Waals surface area contributed by atoms with Gasteiger partial charge in [-0.1, -0.05) is 0 Å². The third kappa shape index (κ3) is 3.30. The van der Waals surface area contributed by atoms with Gasteiger partial charge in [0.1, 0.15) is 5.82 Å². The van der Waals surface area contributed by atoms with E-state index in [1.807, 2.05) is 0 Å². The number of carbonyl (C=O) groups is 1. The van der Waals surface area contributed by atoms with E-state index in [4.69, 9.17) is 4.74 Å². The minimum absolute atomic E-state index is 0.0533. The van der Waals surface area contributed by atoms with Crippen molar-refractivity contribution >= 4 is 11.6 Å². The van der Waals surface area contributed by atoms with Gasteiger partial charge in [0.05, 0.1) is 12.0 Å². The van der Waals surface area contributed by atoms with Gasteiger partial charge in [0.2, 0.25) is 5.91 Å². The smallest absolute Gasteiger partial charge is 0.233 e. The van der Waals surface area contributed by atoms with E-state index in [-0.39, 0.29) is 11.7 Å². The Kier molecular flexibility index (Phi) is 4.50. The fraction of sp³-hybridized carbons (Fsp3) is 0.500. The molecule has 1 aromatic carbocycles. The van der Waals surface area contributed by atoms with Crippen LogP contribution in [0.4, 0.5) is 10.1 Å². The van der Waals surface area contributed by atoms with E-state index in [0.29, 0.717) is 12.3 Å². The van der Waals surface area contributed by atoms with Crippen molar-refractivity contribution in [3.05, 3.63) is 30.1 Å². The average molecular weight is 266 g/mol. The highest BCUT2D eigenvalue weighted by Gasteiger charge is 2.39. The molecule has 0 spiro atoms. The third-order valence-electron chi connectivity index (χ3n) is 3.57. The molecule has 4 nitrogen and oxygen atoms in total. The van der Waals surface area contributed by atoms with E-state index >= 15 is 0 Å². The molecule has 2 rings (SSSR count). The van der Waals surface area contributed by atoms with Crippen molar-refractivity contribution in [3.8, 4) is 0 Å². The van der Waals surface area contributed by atoms with E-state index in [1.54, 1.807) is 19.2 Å². The van der Waals surface area contributed by atoms with Crippen LogP contribution >= 0.6 is 0 Å². The first-order chi connectivity index (χ1) is 9.16. The van der Waals surface area contributed by atoms with E-state index < -0.39 is 5.41 Å². The lowest BCUT2D eigenvalue weighted by Gasteiger charge is -2.35. The van der Waals surface area contributed by atoms with Crippen LogP contribution in [0.25, 0.3) is 0 Å². The molecule has 1 fully saturated rings. The first kappa shape index (κ1) is 14.0. The lowest BCUT2D eigenvalue weighted by molar-refractivity contribution is -0.130. The molecule has 0 unspecified atom stereocenters. The third-order valence-corrected chi connectivity index (χ3v) is 3.57. The number of hydrogen-bond donors (Lipinski definition) is 2. The second-order valence-electron chi connectivity index (χ2n) is 4.92. The van der Waals surface area contributed by atoms with Gasteiger partial charge in [-0.2, -0.15) is 0 Å². The van der Waals surface area contributed by atoms with Gasteiger partial charge in [0, 0.05) is 12.8 Å². The van der Waals surface area contributed by atoms with Crippen LogP contribution in [-0.2, 0) is 9.53 Å². The molecule has 19 heavy (non-hydrogen) atoms. The quantitative estimate of drug-likeness (QED) is 0.873. The van der Waals surface area contributed by atoms with Gasteiger partial charge in [-0.25, -0.2) is 4.39 Å². The Morgan fingerprint density at radius 3 is 2.58 bits per heavy atom. The van der Waals surface area contributed by atoms with Gasteiger partial charge in [-0.15, -0.1) is 0 Å². The number of nitrogens with one attached hydrogen (secondary N) is 2. The highest BCUT2D eigenvalue weighted by atomic mass is 19.1. The van der Waals surface area contributed by atoms with Crippen LogP contribution in [0.3, 0.4) is 0 Å². The van der Waals surface area contributed by atoms with Gasteiger partial charge in [-0.3, -0.25) is 4.79 Å². The number of carbonyl (C=O) groups excluding carboxylic acids is 1. The molecule has 5 heteroatoms. The molecule has 1 amide bonds. The SMILES string of the molecule is COCC1(C(=O)Nc2ccc(F)cc2)CCNCC1. The van der Waals surface area contributed by atoms with Crippen molar-refractivity contribution < 1.29 is 13.9 Å². The van der Waals surface area contributed by atoms with Gasteiger partial charge in [0.25, 0.3) is 0 Å². The van der Waals surface area contributed by atoms with Crippen LogP contribution in [0.15, 0.2) is 24.3 Å². The zero-order valence-corrected chi connectivity index (χ0v) is 11.0. The summed E-state index contributed by atoms with van der Waals surface area (Å²) in [4.78, 5) is 12.5. The van der Waals surface area contributed by atoms with Crippen molar-refractivity contribution in [2.45, 2.75) is 12.8 Å². The molecule has 1 aliphatic rings. The molecule has 1 aliphatic heterocycles. The molecule has 0 saturated carbocycles. The Labute approximate surface area is 112 Å². The van der Waals surface area contributed by atoms with Crippen molar-refractivity contribution in [2.75, 3.05) is 32.1 Å². The Morgan fingerprint density at radius 2 is 2.00 bits per heavy atom. The van der Waals surface area contributed by atoms with Crippen LogP contribution < -0.4 is 10.6 Å². The maximum atomic E-state index is 12.8. The zero-order chi connectivity index (χ0) is 13.7. The van der Waals surface area contributed by atoms with Crippen molar-refractivity contribution in [1.82, 2.24) is 5.32 Å². The normalized spacial score (nSPS) is 18.0. The monoisotopic (exact) mass is 266 g/mol. The summed E-state index contributed by atoms with van der Waals surface area (Å²) in [6.45, 7) is 2.02. The standard InChI is InChI=1S/C14H19FN2O2/c1-19-10-14(6-8-16-9-7-14)13(18)17-12-4-2-11(15)3-5-12/h2-5,16H,6-10H2,1H3,(H,17,18). The number of halogens is 1. The summed E-state index contributed by atoms with van der Waals surface area (Å²) in [5.41, 5.74) is 0.120. The predicted molar refractivity (Wildman–Crippen MR) is 71.4 cm³/mol. The van der Waals surface area contributed by atoms with Crippen LogP contribution in [0, 0.1) is 11.2 Å². The molecule has 0 radical (unpaired) electrons. The van der Waals surface area contributed by atoms with Gasteiger partial charge < -0.3 is 15.4 Å². The van der Waals surface area contributed by atoms with Crippen LogP contribution in [0.2, 0.25) is 0 Å². The number of anilines is 1. The molecule has 104 valence electrons. The van der Waals surface area contributed by atoms with Crippen LogP contribution in [0.5, 0.6) is 0 Å². The molecule has 1 saturated heterocycles. The first-order valence-electron chi connectivity index (χ1n) is 6.43. The molecule has 0 aromatic heterocycles. The van der Waals surface area contributed by atoms with Gasteiger partial charge in [0.15, 0.2) is 0 Å². The molecular weight excluding hydrogens is 247 g/mol. The molecule has 0 atom stereocenters. The minimum Gasteiger partial charge on any atom is -0.384 e. The minimum atomic E-state index is -0.492. The predicted octanol–water partition coefficient (Wildman–Crippen LogP) is 1.78. The summed E-state index contributed by atoms with van der Waals surface area (Å²) >= 11 is 0. The molecule has 2 N–H and O–H groups in total. The number of methoxy groups -OCH3 is 1. The van der Waals surface area contributed by atoms with E-state index in [0.717, 1.165) is 25.9 Å². The van der Waals surface area contributed by atoms with Crippen LogP contribution in [0.1, 0.15) is 12.8 Å². The second-order valence-corrected chi connectivity index (χ2v) is 4.92. The van der Waals surface area contributed by atoms with Gasteiger partial charge >= 0.3 is 0 Å². The summed E-state index contributed by atoms with van der Waals surface area (Å²) in [6, 6.07) is 5.80. The molecular formula is C14H19FN2O2. The largest absolute Gasteiger partial charge is 0.384 e. The summed E-state index contributed by atoms with van der Waals surface area (Å²) in [6.07, 6.45) is 1.49. The Morgan fingerprint density at radius 1 is 1.37 bits per heavy atom. The van der Waals surface area contributed by atoms with Crippen LogP contribution in [-0.4, -0.2) is 32.7 Å². The lowest BCUT2D eigenvalue weighted by atomic mass is 9.78. The average Bonchev–Trinajstić information content (AvgIpc) is 2.43. The first-order valence-corrected chi connectivity index (χ1v) is 6.43. The Balaban J connectivity index is 2.09. The summed E-state index contributed by atoms with van der Waals surface area (Å²) in [5.74, 6) is -0.367. The van der Waals surface area contributed by atoms with Crippen molar-refractivity contribution in [2.24, 2.45) is 5.41 Å². The molecule has 0 aliphatic carbocycles. The number of amides is 1. The molecule has 1 heterocycles. The number of rotatable bonds is 4. The fourth-order valence-electron chi connectivity index (χ4n) is 2.42. The number of benzene rings is 1. The Hall–Kier alpha value is -1.46. The highest BCUT2D eigenvalue weighted by molar-refractivity contribution is 5.95. The molecule has 1 aromatic rings. The zero-order valence-electron chi connectivity index (χ0n) is 11.0. The summed E-state index contributed by atoms with van der Waals surface area (Å²) < 4.78 is 18.0. The topological polar surface area (TPSA) is 50.4 Å². The lowest BCUT2D eigenvalue weighted by Crippen LogP contribution is -2.47. The van der Waals surface area contributed by atoms with E-state index in [9.17, 15) is 9.18 Å². The summed E-state index contributed by atoms with van der Waals surface area (Å²) in [5, 5.41) is 6.09. The summed E-state index contributed by atoms with van der Waals surface area (Å²) in [7, 11) is 1.61. The number of ether oxygens (including phenoxy) is 1. The fourth-order valence-corrected chi connectivity index (χ4v) is 2.42. The van der Waals surface area contributed by atoms with E-state index in [1.165, 1.54) is 12.1 Å². The molecule has 0 bridgehead atoms. The maximum absolute atomic E-state index is 12.8. The second kappa shape index (κ2) is 6.12.